The van der Waals surface area contributed by atoms with Gasteiger partial charge in [0.15, 0.2) is 0 Å². The quantitative estimate of drug-likeness (QED) is 0.892. The molecule has 0 bridgehead atoms. The number of hydrogen-bond acceptors (Lipinski definition) is 3. The molecular weight excluding hydrogens is 315 g/mol. The van der Waals surface area contributed by atoms with E-state index in [9.17, 15) is 13.2 Å². The standard InChI is InChI=1S/C15H14F3N3.ClH/c16-15(17,18)10-2-4-11(5-3-10)21-14-6-1-9(8-20-14)12-7-13(12)19;/h1-6,8,12-13H,7,19H2,(H,20,21);1H/t12-,13+;/m0./s1. The third-order valence-electron chi connectivity index (χ3n) is 3.54. The van der Waals surface area contributed by atoms with Crippen LogP contribution in [0.5, 0.6) is 0 Å². The summed E-state index contributed by atoms with van der Waals surface area (Å²) < 4.78 is 37.4. The van der Waals surface area contributed by atoms with Crippen LogP contribution in [0.1, 0.15) is 23.5 Å². The summed E-state index contributed by atoms with van der Waals surface area (Å²) in [5.74, 6) is 0.977. The van der Waals surface area contributed by atoms with Gasteiger partial charge in [-0.05, 0) is 42.3 Å². The van der Waals surface area contributed by atoms with Gasteiger partial charge in [0.05, 0.1) is 5.56 Å². The second-order valence-corrected chi connectivity index (χ2v) is 5.18. The summed E-state index contributed by atoms with van der Waals surface area (Å²) in [6.45, 7) is 0. The van der Waals surface area contributed by atoms with E-state index < -0.39 is 11.7 Å². The highest BCUT2D eigenvalue weighted by Crippen LogP contribution is 2.38. The van der Waals surface area contributed by atoms with Crippen molar-refractivity contribution in [2.24, 2.45) is 5.73 Å². The Morgan fingerprint density at radius 2 is 1.73 bits per heavy atom. The molecule has 3 rings (SSSR count). The van der Waals surface area contributed by atoms with Crippen molar-refractivity contribution < 1.29 is 13.2 Å². The maximum Gasteiger partial charge on any atom is 0.416 e. The van der Waals surface area contributed by atoms with Crippen molar-refractivity contribution in [3.63, 3.8) is 0 Å². The minimum absolute atomic E-state index is 0. The lowest BCUT2D eigenvalue weighted by atomic mass is 10.2. The molecule has 22 heavy (non-hydrogen) atoms. The van der Waals surface area contributed by atoms with Crippen LogP contribution in [0.15, 0.2) is 42.6 Å². The van der Waals surface area contributed by atoms with E-state index >= 15 is 0 Å². The van der Waals surface area contributed by atoms with Gasteiger partial charge in [-0.15, -0.1) is 12.4 Å². The molecule has 1 aromatic carbocycles. The number of aromatic nitrogens is 1. The van der Waals surface area contributed by atoms with Gasteiger partial charge in [0.2, 0.25) is 0 Å². The highest BCUT2D eigenvalue weighted by Gasteiger charge is 2.34. The number of nitrogens with zero attached hydrogens (tertiary/aromatic N) is 1. The first kappa shape index (κ1) is 16.6. The minimum atomic E-state index is -4.32. The smallest absolute Gasteiger partial charge is 0.340 e. The third kappa shape index (κ3) is 3.69. The molecule has 1 saturated carbocycles. The van der Waals surface area contributed by atoms with E-state index in [-0.39, 0.29) is 18.4 Å². The van der Waals surface area contributed by atoms with E-state index in [4.69, 9.17) is 5.73 Å². The number of halogens is 4. The molecule has 1 aliphatic carbocycles. The van der Waals surface area contributed by atoms with E-state index in [0.29, 0.717) is 17.4 Å². The molecule has 0 spiro atoms. The highest BCUT2D eigenvalue weighted by molar-refractivity contribution is 5.85. The number of rotatable bonds is 3. The molecule has 1 aromatic heterocycles. The lowest BCUT2D eigenvalue weighted by Crippen LogP contribution is -2.04. The van der Waals surface area contributed by atoms with Crippen LogP contribution in [0, 0.1) is 0 Å². The first-order chi connectivity index (χ1) is 9.93. The van der Waals surface area contributed by atoms with E-state index in [1.807, 2.05) is 6.07 Å². The van der Waals surface area contributed by atoms with Crippen molar-refractivity contribution in [2.75, 3.05) is 5.32 Å². The molecule has 0 unspecified atom stereocenters. The van der Waals surface area contributed by atoms with Crippen LogP contribution >= 0.6 is 12.4 Å². The molecule has 118 valence electrons. The predicted molar refractivity (Wildman–Crippen MR) is 81.5 cm³/mol. The Morgan fingerprint density at radius 1 is 1.09 bits per heavy atom. The van der Waals surface area contributed by atoms with Crippen molar-refractivity contribution in [2.45, 2.75) is 24.6 Å². The molecule has 2 atom stereocenters. The molecule has 0 aliphatic heterocycles. The van der Waals surface area contributed by atoms with Gasteiger partial charge in [0, 0.05) is 23.8 Å². The summed E-state index contributed by atoms with van der Waals surface area (Å²) in [6, 6.07) is 8.82. The number of nitrogens with one attached hydrogen (secondary N) is 1. The lowest BCUT2D eigenvalue weighted by molar-refractivity contribution is -0.137. The largest absolute Gasteiger partial charge is 0.416 e. The van der Waals surface area contributed by atoms with Crippen LogP contribution < -0.4 is 11.1 Å². The fourth-order valence-electron chi connectivity index (χ4n) is 2.19. The van der Waals surface area contributed by atoms with E-state index in [0.717, 1.165) is 24.1 Å². The Kier molecular flexibility index (Phi) is 4.63. The van der Waals surface area contributed by atoms with Gasteiger partial charge >= 0.3 is 6.18 Å². The first-order valence-electron chi connectivity index (χ1n) is 6.59. The summed E-state index contributed by atoms with van der Waals surface area (Å²) in [4.78, 5) is 4.25. The second-order valence-electron chi connectivity index (χ2n) is 5.18. The zero-order valence-electron chi connectivity index (χ0n) is 11.5. The molecule has 3 N–H and O–H groups in total. The van der Waals surface area contributed by atoms with Gasteiger partial charge < -0.3 is 11.1 Å². The monoisotopic (exact) mass is 329 g/mol. The van der Waals surface area contributed by atoms with Crippen molar-refractivity contribution >= 4 is 23.9 Å². The molecule has 0 radical (unpaired) electrons. The van der Waals surface area contributed by atoms with Crippen molar-refractivity contribution in [3.05, 3.63) is 53.7 Å². The molecule has 7 heteroatoms. The number of pyridine rings is 1. The Hall–Kier alpha value is -1.79. The number of benzene rings is 1. The summed E-state index contributed by atoms with van der Waals surface area (Å²) in [5.41, 5.74) is 6.77. The van der Waals surface area contributed by atoms with Gasteiger partial charge in [-0.1, -0.05) is 6.07 Å². The van der Waals surface area contributed by atoms with E-state index in [2.05, 4.69) is 10.3 Å². The third-order valence-corrected chi connectivity index (χ3v) is 3.54. The Balaban J connectivity index is 0.00000176. The van der Waals surface area contributed by atoms with Gasteiger partial charge in [-0.2, -0.15) is 13.2 Å². The number of alkyl halides is 3. The van der Waals surface area contributed by atoms with Crippen LogP contribution in [-0.4, -0.2) is 11.0 Å². The topological polar surface area (TPSA) is 50.9 Å². The summed E-state index contributed by atoms with van der Waals surface area (Å²) in [7, 11) is 0. The molecule has 0 amide bonds. The normalized spacial score (nSPS) is 20.2. The van der Waals surface area contributed by atoms with Crippen LogP contribution in [0.4, 0.5) is 24.7 Å². The highest BCUT2D eigenvalue weighted by atomic mass is 35.5. The molecular formula is C15H15ClF3N3. The van der Waals surface area contributed by atoms with Crippen LogP contribution in [0.2, 0.25) is 0 Å². The van der Waals surface area contributed by atoms with Crippen molar-refractivity contribution in [1.82, 2.24) is 4.98 Å². The zero-order chi connectivity index (χ0) is 15.0. The molecule has 2 aromatic rings. The summed E-state index contributed by atoms with van der Waals surface area (Å²) in [5, 5.41) is 2.97. The fourth-order valence-corrected chi connectivity index (χ4v) is 2.19. The minimum Gasteiger partial charge on any atom is -0.340 e. The van der Waals surface area contributed by atoms with Crippen molar-refractivity contribution in [1.29, 1.82) is 0 Å². The molecule has 1 heterocycles. The number of anilines is 2. The van der Waals surface area contributed by atoms with Crippen molar-refractivity contribution in [3.8, 4) is 0 Å². The predicted octanol–water partition coefficient (Wildman–Crippen LogP) is 4.08. The van der Waals surface area contributed by atoms with Gasteiger partial charge in [0.25, 0.3) is 0 Å². The van der Waals surface area contributed by atoms with Crippen LogP contribution in [0.3, 0.4) is 0 Å². The first-order valence-corrected chi connectivity index (χ1v) is 6.59. The van der Waals surface area contributed by atoms with Crippen LogP contribution in [-0.2, 0) is 6.18 Å². The van der Waals surface area contributed by atoms with E-state index in [1.54, 1.807) is 12.3 Å². The fraction of sp³-hybridized carbons (Fsp3) is 0.267. The van der Waals surface area contributed by atoms with E-state index in [1.165, 1.54) is 12.1 Å². The molecule has 0 saturated heterocycles. The summed E-state index contributed by atoms with van der Waals surface area (Å²) >= 11 is 0. The maximum atomic E-state index is 12.5. The molecule has 3 nitrogen and oxygen atoms in total. The Morgan fingerprint density at radius 3 is 2.18 bits per heavy atom. The zero-order valence-corrected chi connectivity index (χ0v) is 12.3. The van der Waals surface area contributed by atoms with Gasteiger partial charge in [-0.25, -0.2) is 4.98 Å². The summed E-state index contributed by atoms with van der Waals surface area (Å²) in [6.07, 6.45) is -1.58. The number of nitrogens with two attached hydrogens (primary N) is 1. The number of hydrogen-bond donors (Lipinski definition) is 2. The van der Waals surface area contributed by atoms with Crippen LogP contribution in [0.25, 0.3) is 0 Å². The maximum absolute atomic E-state index is 12.5. The SMILES string of the molecule is Cl.N[C@@H]1C[C@H]1c1ccc(Nc2ccc(C(F)(F)F)cc2)nc1. The van der Waals surface area contributed by atoms with Gasteiger partial charge in [-0.3, -0.25) is 0 Å². The lowest BCUT2D eigenvalue weighted by Gasteiger charge is -2.09. The molecule has 1 fully saturated rings. The Labute approximate surface area is 132 Å². The average molecular weight is 330 g/mol. The average Bonchev–Trinajstić information content (AvgIpc) is 3.16. The molecule has 1 aliphatic rings. The Bertz CT molecular complexity index is 626. The second kappa shape index (κ2) is 6.14. The van der Waals surface area contributed by atoms with Gasteiger partial charge in [0.1, 0.15) is 5.82 Å².